The summed E-state index contributed by atoms with van der Waals surface area (Å²) in [5.41, 5.74) is 10.8. The van der Waals surface area contributed by atoms with Gasteiger partial charge in [0.15, 0.2) is 5.12 Å². The fourth-order valence-corrected chi connectivity index (χ4v) is 11.4. The average molecular weight is 923 g/mol. The van der Waals surface area contributed by atoms with E-state index >= 15 is 0 Å². The van der Waals surface area contributed by atoms with E-state index in [-0.39, 0.29) is 10.4 Å². The lowest BCUT2D eigenvalue weighted by Gasteiger charge is -2.49. The molecule has 2 aliphatic rings. The summed E-state index contributed by atoms with van der Waals surface area (Å²) in [7, 11) is 0. The fraction of sp³-hybridized carbons (Fsp3) is 0.177. The molecule has 0 aliphatic carbocycles. The number of pyridine rings is 2. The molecule has 8 aromatic rings. The first-order valence-electron chi connectivity index (χ1n) is 23.9. The zero-order valence-corrected chi connectivity index (χ0v) is 39.9. The van der Waals surface area contributed by atoms with Crippen LogP contribution in [0.25, 0.3) is 12.2 Å². The van der Waals surface area contributed by atoms with Gasteiger partial charge in [-0.2, -0.15) is 0 Å². The van der Waals surface area contributed by atoms with Crippen LogP contribution in [0.15, 0.2) is 242 Å². The van der Waals surface area contributed by atoms with Crippen molar-refractivity contribution in [1.29, 1.82) is 0 Å². The third kappa shape index (κ3) is 10.4. The maximum absolute atomic E-state index is 12.2. The Kier molecular flexibility index (Phi) is 15.3. The first-order chi connectivity index (χ1) is 34.0. The quantitative estimate of drug-likeness (QED) is 0.130. The molecule has 6 aromatic carbocycles. The van der Waals surface area contributed by atoms with Gasteiger partial charge in [-0.25, -0.2) is 0 Å². The number of likely N-dealkylation sites (tertiary alicyclic amines) is 2. The van der Waals surface area contributed by atoms with Crippen LogP contribution < -0.4 is 0 Å². The first kappa shape index (κ1) is 47.1. The average Bonchev–Trinajstić information content (AvgIpc) is 3.41. The summed E-state index contributed by atoms with van der Waals surface area (Å²) in [6, 6.07) is 72.6. The molecule has 4 heterocycles. The summed E-state index contributed by atoms with van der Waals surface area (Å²) in [6.07, 6.45) is 12.7. The molecule has 1 N–H and O–H groups in total. The van der Waals surface area contributed by atoms with Crippen LogP contribution in [-0.4, -0.2) is 67.5 Å². The minimum Gasteiger partial charge on any atom is -0.389 e. The molecule has 0 amide bonds. The Bertz CT molecular complexity index is 2710. The van der Waals surface area contributed by atoms with Crippen molar-refractivity contribution in [3.8, 4) is 0 Å². The lowest BCUT2D eigenvalue weighted by atomic mass is 9.74. The summed E-state index contributed by atoms with van der Waals surface area (Å²) >= 11 is 1.45. The third-order valence-electron chi connectivity index (χ3n) is 13.4. The van der Waals surface area contributed by atoms with Gasteiger partial charge in [-0.1, -0.05) is 218 Å². The van der Waals surface area contributed by atoms with E-state index in [4.69, 9.17) is 0 Å². The largest absolute Gasteiger partial charge is 0.389 e. The van der Waals surface area contributed by atoms with E-state index in [1.807, 2.05) is 30.6 Å². The molecule has 10 rings (SSSR count). The monoisotopic (exact) mass is 922 g/mol. The standard InChI is InChI=1S/C32H30N2OS.C30H28N2O/c1-25(35)36-31-19-21-34(24-27(31)22-26-12-11-20-33-23-26)32(28-13-5-2-6-14-28,29-15-7-3-8-16-29)30-17-9-4-10-18-30;33-29-18-20-32(23-25(29)21-24-11-10-19-31-22-24)30(26-12-4-1-5-13-26,27-14-6-2-7-15-27)28-16-8-3-9-17-28/h2-18,20,22-23,31H,19,21,24H2,1H3;1-17,19,21-22,29,33H,18,20,23H2/b27-22+;25-21+. The van der Waals surface area contributed by atoms with Crippen LogP contribution in [0.3, 0.4) is 0 Å². The number of hydrogen-bond donors (Lipinski definition) is 1. The van der Waals surface area contributed by atoms with Crippen LogP contribution in [0.2, 0.25) is 0 Å². The van der Waals surface area contributed by atoms with Crippen LogP contribution in [0.4, 0.5) is 0 Å². The molecule has 7 heteroatoms. The molecule has 2 aromatic heterocycles. The van der Waals surface area contributed by atoms with Gasteiger partial charge in [0.25, 0.3) is 0 Å². The Balaban J connectivity index is 0.000000172. The number of piperidine rings is 2. The zero-order valence-electron chi connectivity index (χ0n) is 39.0. The highest BCUT2D eigenvalue weighted by atomic mass is 32.2. The second-order valence-corrected chi connectivity index (χ2v) is 19.0. The van der Waals surface area contributed by atoms with Crippen LogP contribution in [0, 0.1) is 0 Å². The van der Waals surface area contributed by atoms with Crippen molar-refractivity contribution < 1.29 is 9.90 Å². The Morgan fingerprint density at radius 3 is 1.16 bits per heavy atom. The SMILES string of the molecule is CC(=O)SC1CCN(C(c2ccccc2)(c2ccccc2)c2ccccc2)C/C1=C\c1cccnc1.OC1CCN(C(c2ccccc2)(c2ccccc2)c2ccccc2)C/C1=C\c1cccnc1. The molecule has 2 saturated heterocycles. The molecule has 2 aliphatic heterocycles. The smallest absolute Gasteiger partial charge is 0.186 e. The number of thioether (sulfide) groups is 1. The first-order valence-corrected chi connectivity index (χ1v) is 24.7. The van der Waals surface area contributed by atoms with Gasteiger partial charge in [0.1, 0.15) is 0 Å². The van der Waals surface area contributed by atoms with Gasteiger partial charge in [0.05, 0.1) is 17.2 Å². The van der Waals surface area contributed by atoms with Crippen molar-refractivity contribution in [1.82, 2.24) is 19.8 Å². The van der Waals surface area contributed by atoms with Crippen molar-refractivity contribution in [3.63, 3.8) is 0 Å². The zero-order chi connectivity index (χ0) is 47.3. The Morgan fingerprint density at radius 2 is 0.826 bits per heavy atom. The molecule has 2 unspecified atom stereocenters. The van der Waals surface area contributed by atoms with E-state index in [1.54, 1.807) is 19.3 Å². The molecule has 0 radical (unpaired) electrons. The maximum atomic E-state index is 12.2. The lowest BCUT2D eigenvalue weighted by molar-refractivity contribution is -0.109. The minimum absolute atomic E-state index is 0.152. The number of aliphatic hydroxyl groups is 1. The summed E-state index contributed by atoms with van der Waals surface area (Å²) in [5.74, 6) is 0. The van der Waals surface area contributed by atoms with Crippen LogP contribution >= 0.6 is 11.8 Å². The topological polar surface area (TPSA) is 69.6 Å². The van der Waals surface area contributed by atoms with E-state index in [0.29, 0.717) is 13.0 Å². The van der Waals surface area contributed by atoms with Crippen molar-refractivity contribution in [2.75, 3.05) is 26.2 Å². The normalized spacial score (nSPS) is 18.0. The van der Waals surface area contributed by atoms with E-state index in [2.05, 4.69) is 220 Å². The molecular formula is C62H58N4O2S. The van der Waals surface area contributed by atoms with E-state index in [1.165, 1.54) is 50.7 Å². The van der Waals surface area contributed by atoms with Gasteiger partial charge >= 0.3 is 0 Å². The predicted octanol–water partition coefficient (Wildman–Crippen LogP) is 12.3. The van der Waals surface area contributed by atoms with E-state index in [9.17, 15) is 9.90 Å². The number of aromatic nitrogens is 2. The molecule has 6 nitrogen and oxygen atoms in total. The molecule has 0 spiro atoms. The second kappa shape index (κ2) is 22.4. The number of carbonyl (C=O) groups is 1. The number of aliphatic hydroxyl groups excluding tert-OH is 1. The van der Waals surface area contributed by atoms with Crippen LogP contribution in [-0.2, 0) is 15.9 Å². The number of rotatable bonds is 11. The number of nitrogens with zero attached hydrogens (tertiary/aromatic N) is 4. The van der Waals surface area contributed by atoms with Crippen LogP contribution in [0.5, 0.6) is 0 Å². The Hall–Kier alpha value is -7.00. The van der Waals surface area contributed by atoms with Crippen molar-refractivity contribution in [2.24, 2.45) is 0 Å². The lowest BCUT2D eigenvalue weighted by Crippen LogP contribution is -2.52. The van der Waals surface area contributed by atoms with Gasteiger partial charge in [-0.15, -0.1) is 0 Å². The predicted molar refractivity (Wildman–Crippen MR) is 283 cm³/mol. The maximum Gasteiger partial charge on any atom is 0.186 e. The molecule has 344 valence electrons. The highest BCUT2D eigenvalue weighted by Gasteiger charge is 2.46. The molecule has 0 saturated carbocycles. The molecular weight excluding hydrogens is 865 g/mol. The summed E-state index contributed by atoms with van der Waals surface area (Å²) in [4.78, 5) is 25.8. The highest BCUT2D eigenvalue weighted by Crippen LogP contribution is 2.47. The molecule has 2 fully saturated rings. The van der Waals surface area contributed by atoms with Gasteiger partial charge in [-0.05, 0) is 80.6 Å². The number of carbonyl (C=O) groups excluding carboxylic acids is 1. The molecule has 69 heavy (non-hydrogen) atoms. The van der Waals surface area contributed by atoms with Crippen LogP contribution in [0.1, 0.15) is 64.3 Å². The van der Waals surface area contributed by atoms with Crippen molar-refractivity contribution >= 4 is 29.0 Å². The summed E-state index contributed by atoms with van der Waals surface area (Å²) < 4.78 is 0. The second-order valence-electron chi connectivity index (χ2n) is 17.7. The molecule has 0 bridgehead atoms. The van der Waals surface area contributed by atoms with Gasteiger partial charge in [0, 0.05) is 63.1 Å². The van der Waals surface area contributed by atoms with Gasteiger partial charge in [-0.3, -0.25) is 24.6 Å². The Labute approximate surface area is 411 Å². The van der Waals surface area contributed by atoms with E-state index in [0.717, 1.165) is 42.8 Å². The van der Waals surface area contributed by atoms with Crippen molar-refractivity contribution in [2.45, 2.75) is 42.2 Å². The fourth-order valence-electron chi connectivity index (χ4n) is 10.4. The van der Waals surface area contributed by atoms with Crippen molar-refractivity contribution in [3.05, 3.63) is 287 Å². The van der Waals surface area contributed by atoms with Gasteiger partial charge < -0.3 is 5.11 Å². The summed E-state index contributed by atoms with van der Waals surface area (Å²) in [5, 5.41) is 11.2. The Morgan fingerprint density at radius 1 is 0.493 bits per heavy atom. The van der Waals surface area contributed by atoms with Gasteiger partial charge in [0.2, 0.25) is 0 Å². The number of hydrogen-bond acceptors (Lipinski definition) is 7. The summed E-state index contributed by atoms with van der Waals surface area (Å²) in [6.45, 7) is 4.73. The third-order valence-corrected chi connectivity index (χ3v) is 14.6. The van der Waals surface area contributed by atoms with E-state index < -0.39 is 17.2 Å². The molecule has 2 atom stereocenters. The minimum atomic E-state index is -0.474. The highest BCUT2D eigenvalue weighted by molar-refractivity contribution is 8.14. The number of benzene rings is 6.